The molecule has 0 spiro atoms. The van der Waals surface area contributed by atoms with Gasteiger partial charge in [0.1, 0.15) is 17.9 Å². The number of likely N-dealkylation sites (N-methyl/N-ethyl adjacent to an activating group) is 1. The maximum absolute atomic E-state index is 12.7. The summed E-state index contributed by atoms with van der Waals surface area (Å²) in [6, 6.07) is 9.50. The van der Waals surface area contributed by atoms with E-state index in [2.05, 4.69) is 0 Å². The highest BCUT2D eigenvalue weighted by molar-refractivity contribution is 7.17. The molecule has 1 aliphatic heterocycles. The van der Waals surface area contributed by atoms with E-state index in [1.54, 1.807) is 6.07 Å². The lowest BCUT2D eigenvalue weighted by Gasteiger charge is -2.31. The third-order valence-electron chi connectivity index (χ3n) is 4.20. The van der Waals surface area contributed by atoms with Crippen LogP contribution in [0, 0.1) is 0 Å². The summed E-state index contributed by atoms with van der Waals surface area (Å²) in [7, 11) is 1.51. The van der Waals surface area contributed by atoms with Gasteiger partial charge in [-0.2, -0.15) is 0 Å². The van der Waals surface area contributed by atoms with Gasteiger partial charge in [0.15, 0.2) is 0 Å². The van der Waals surface area contributed by atoms with E-state index < -0.39 is 11.5 Å². The van der Waals surface area contributed by atoms with Gasteiger partial charge in [-0.1, -0.05) is 12.1 Å². The topological polar surface area (TPSA) is 66.8 Å². The summed E-state index contributed by atoms with van der Waals surface area (Å²) in [5.74, 6) is -0.530. The average molecular weight is 331 g/mol. The van der Waals surface area contributed by atoms with Gasteiger partial charge in [0.05, 0.1) is 4.88 Å². The number of amides is 1. The van der Waals surface area contributed by atoms with Gasteiger partial charge in [-0.05, 0) is 32.0 Å². The van der Waals surface area contributed by atoms with Gasteiger partial charge in [0.2, 0.25) is 0 Å². The second kappa shape index (κ2) is 5.38. The Labute approximate surface area is 138 Å². The molecule has 2 heterocycles. The number of thiophene rings is 1. The summed E-state index contributed by atoms with van der Waals surface area (Å²) >= 11 is 1.38. The number of fused-ring (bicyclic) bond motifs is 3. The van der Waals surface area contributed by atoms with Crippen LogP contribution in [0.4, 0.5) is 0 Å². The Hall–Kier alpha value is -2.34. The second-order valence-electron chi connectivity index (χ2n) is 5.98. The average Bonchev–Trinajstić information content (AvgIpc) is 2.97. The molecule has 5 nitrogen and oxygen atoms in total. The monoisotopic (exact) mass is 331 g/mol. The Morgan fingerprint density at radius 2 is 2.00 bits per heavy atom. The summed E-state index contributed by atoms with van der Waals surface area (Å²) in [6.07, 6.45) is 0. The zero-order valence-corrected chi connectivity index (χ0v) is 13.9. The van der Waals surface area contributed by atoms with E-state index >= 15 is 0 Å². The molecule has 1 aliphatic rings. The maximum atomic E-state index is 12.7. The number of aliphatic carboxylic acids is 1. The molecule has 1 N–H and O–H groups in total. The number of carbonyl (C=O) groups excluding carboxylic acids is 1. The predicted molar refractivity (Wildman–Crippen MR) is 87.9 cm³/mol. The van der Waals surface area contributed by atoms with E-state index in [0.29, 0.717) is 11.5 Å². The number of para-hydroxylation sites is 1. The third-order valence-corrected chi connectivity index (χ3v) is 5.40. The van der Waals surface area contributed by atoms with Crippen LogP contribution in [0.25, 0.3) is 10.4 Å². The molecule has 0 saturated carbocycles. The van der Waals surface area contributed by atoms with Gasteiger partial charge in [0, 0.05) is 23.1 Å². The molecular weight excluding hydrogens is 314 g/mol. The summed E-state index contributed by atoms with van der Waals surface area (Å²) in [5, 5.41) is 9.29. The highest BCUT2D eigenvalue weighted by Crippen LogP contribution is 2.42. The minimum absolute atomic E-state index is 0.297. The first-order valence-corrected chi connectivity index (χ1v) is 8.00. The van der Waals surface area contributed by atoms with Crippen molar-refractivity contribution in [1.29, 1.82) is 0 Å². The lowest BCUT2D eigenvalue weighted by Crippen LogP contribution is -2.50. The summed E-state index contributed by atoms with van der Waals surface area (Å²) in [6.45, 7) is 3.44. The number of carboxylic acid groups (broad SMARTS) is 1. The van der Waals surface area contributed by atoms with E-state index in [1.165, 1.54) is 37.1 Å². The minimum Gasteiger partial charge on any atom is -0.488 e. The first kappa shape index (κ1) is 15.6. The zero-order chi connectivity index (χ0) is 16.8. The van der Waals surface area contributed by atoms with Crippen LogP contribution in [0.5, 0.6) is 5.75 Å². The third kappa shape index (κ3) is 2.49. The molecule has 3 rings (SSSR count). The largest absolute Gasteiger partial charge is 0.488 e. The van der Waals surface area contributed by atoms with Crippen LogP contribution in [0.15, 0.2) is 30.3 Å². The first-order valence-electron chi connectivity index (χ1n) is 7.19. The number of ether oxygens (including phenoxy) is 1. The van der Waals surface area contributed by atoms with E-state index in [-0.39, 0.29) is 5.91 Å². The van der Waals surface area contributed by atoms with Crippen molar-refractivity contribution in [2.75, 3.05) is 7.05 Å². The molecule has 0 atom stereocenters. The van der Waals surface area contributed by atoms with E-state index in [9.17, 15) is 14.7 Å². The van der Waals surface area contributed by atoms with Crippen LogP contribution in [0.2, 0.25) is 0 Å². The van der Waals surface area contributed by atoms with Crippen LogP contribution in [0.3, 0.4) is 0 Å². The molecule has 0 saturated heterocycles. The standard InChI is InChI=1S/C17H17NO4S/c1-17(2,16(20)21)18(3)15(19)13-8-10-9-22-12-7-5-4-6-11(12)14(10)23-13/h4-8H,9H2,1-3H3,(H,20,21). The lowest BCUT2D eigenvalue weighted by molar-refractivity contribution is -0.147. The fraction of sp³-hybridized carbons (Fsp3) is 0.294. The smallest absolute Gasteiger partial charge is 0.329 e. The number of carbonyl (C=O) groups is 2. The molecular formula is C17H17NO4S. The van der Waals surface area contributed by atoms with Gasteiger partial charge >= 0.3 is 5.97 Å². The highest BCUT2D eigenvalue weighted by atomic mass is 32.1. The molecule has 0 bridgehead atoms. The quantitative estimate of drug-likeness (QED) is 0.937. The predicted octanol–water partition coefficient (Wildman–Crippen LogP) is 3.24. The number of nitrogens with zero attached hydrogens (tertiary/aromatic N) is 1. The fourth-order valence-corrected chi connectivity index (χ4v) is 3.54. The SMILES string of the molecule is CN(C(=O)c1cc2c(s1)-c1ccccc1OC2)C(C)(C)C(=O)O. The number of hydrogen-bond acceptors (Lipinski definition) is 4. The zero-order valence-electron chi connectivity index (χ0n) is 13.1. The fourth-order valence-electron chi connectivity index (χ4n) is 2.37. The summed E-state index contributed by atoms with van der Waals surface area (Å²) < 4.78 is 5.70. The van der Waals surface area contributed by atoms with Crippen molar-refractivity contribution in [1.82, 2.24) is 4.90 Å². The molecule has 0 aliphatic carbocycles. The summed E-state index contributed by atoms with van der Waals surface area (Å²) in [4.78, 5) is 26.8. The number of hydrogen-bond donors (Lipinski definition) is 1. The number of benzene rings is 1. The van der Waals surface area contributed by atoms with Crippen molar-refractivity contribution in [3.63, 3.8) is 0 Å². The maximum Gasteiger partial charge on any atom is 0.329 e. The highest BCUT2D eigenvalue weighted by Gasteiger charge is 2.36. The van der Waals surface area contributed by atoms with Gasteiger partial charge < -0.3 is 14.7 Å². The van der Waals surface area contributed by atoms with Gasteiger partial charge in [-0.25, -0.2) is 4.79 Å². The van der Waals surface area contributed by atoms with Crippen molar-refractivity contribution < 1.29 is 19.4 Å². The Morgan fingerprint density at radius 3 is 2.70 bits per heavy atom. The molecule has 6 heteroatoms. The van der Waals surface area contributed by atoms with Crippen molar-refractivity contribution in [2.24, 2.45) is 0 Å². The first-order chi connectivity index (χ1) is 10.8. The van der Waals surface area contributed by atoms with Gasteiger partial charge in [-0.15, -0.1) is 11.3 Å². The number of carboxylic acids is 1. The van der Waals surface area contributed by atoms with Crippen molar-refractivity contribution in [2.45, 2.75) is 26.0 Å². The molecule has 120 valence electrons. The Kier molecular flexibility index (Phi) is 3.64. The van der Waals surface area contributed by atoms with Crippen molar-refractivity contribution in [3.05, 3.63) is 40.8 Å². The molecule has 1 amide bonds. The normalized spacial score (nSPS) is 12.8. The van der Waals surface area contributed by atoms with Crippen LogP contribution in [-0.2, 0) is 11.4 Å². The summed E-state index contributed by atoms with van der Waals surface area (Å²) in [5.41, 5.74) is 0.659. The van der Waals surface area contributed by atoms with Crippen LogP contribution < -0.4 is 4.74 Å². The second-order valence-corrected chi connectivity index (χ2v) is 7.03. The molecule has 23 heavy (non-hydrogen) atoms. The van der Waals surface area contributed by atoms with E-state index in [4.69, 9.17) is 4.74 Å². The Bertz CT molecular complexity index is 794. The van der Waals surface area contributed by atoms with Gasteiger partial charge in [0.25, 0.3) is 5.91 Å². The number of rotatable bonds is 3. The molecule has 0 unspecified atom stereocenters. The Morgan fingerprint density at radius 1 is 1.30 bits per heavy atom. The molecule has 0 radical (unpaired) electrons. The molecule has 1 aromatic carbocycles. The van der Waals surface area contributed by atoms with Crippen molar-refractivity contribution in [3.8, 4) is 16.2 Å². The molecule has 0 fully saturated rings. The lowest BCUT2D eigenvalue weighted by atomic mass is 10.0. The van der Waals surface area contributed by atoms with Crippen LogP contribution >= 0.6 is 11.3 Å². The van der Waals surface area contributed by atoms with Crippen LogP contribution in [-0.4, -0.2) is 34.5 Å². The van der Waals surface area contributed by atoms with Crippen molar-refractivity contribution >= 4 is 23.2 Å². The molecule has 1 aromatic heterocycles. The molecule has 2 aromatic rings. The van der Waals surface area contributed by atoms with E-state index in [1.807, 2.05) is 24.3 Å². The van der Waals surface area contributed by atoms with Crippen LogP contribution in [0.1, 0.15) is 29.1 Å². The van der Waals surface area contributed by atoms with E-state index in [0.717, 1.165) is 21.8 Å². The Balaban J connectivity index is 1.97. The minimum atomic E-state index is -1.27. The van der Waals surface area contributed by atoms with Gasteiger partial charge in [-0.3, -0.25) is 4.79 Å².